The van der Waals surface area contributed by atoms with Crippen molar-refractivity contribution in [3.8, 4) is 0 Å². The minimum atomic E-state index is -0.565. The molecule has 0 aliphatic carbocycles. The van der Waals surface area contributed by atoms with Gasteiger partial charge in [0, 0.05) is 17.1 Å². The number of carbonyl (C=O) groups excluding carboxylic acids is 1. The molecule has 2 heterocycles. The number of hydrogen-bond donors (Lipinski definition) is 2. The fraction of sp³-hybridized carbons (Fsp3) is 0.300. The number of fused-ring (bicyclic) bond motifs is 1. The molecule has 1 aliphatic rings. The highest BCUT2D eigenvalue weighted by atomic mass is 32.1. The summed E-state index contributed by atoms with van der Waals surface area (Å²) in [6.07, 6.45) is 6.61. The summed E-state index contributed by atoms with van der Waals surface area (Å²) in [5.41, 5.74) is 2.86. The first-order valence-corrected chi connectivity index (χ1v) is 9.22. The third kappa shape index (κ3) is 3.00. The van der Waals surface area contributed by atoms with E-state index < -0.39 is 5.54 Å². The number of allylic oxidation sites excluding steroid dienone is 4. The van der Waals surface area contributed by atoms with E-state index >= 15 is 0 Å². The molecule has 3 rings (SSSR count). The van der Waals surface area contributed by atoms with Crippen LogP contribution in [-0.4, -0.2) is 23.8 Å². The van der Waals surface area contributed by atoms with E-state index in [0.717, 1.165) is 5.56 Å². The van der Waals surface area contributed by atoms with E-state index in [4.69, 9.17) is 5.41 Å². The molecule has 2 aromatic rings. The molecule has 130 valence electrons. The van der Waals surface area contributed by atoms with Crippen molar-refractivity contribution in [3.05, 3.63) is 52.9 Å². The number of hydrogen-bond acceptors (Lipinski definition) is 3. The molecule has 1 amide bonds. The molecule has 1 fully saturated rings. The lowest BCUT2D eigenvalue weighted by Gasteiger charge is -2.39. The smallest absolute Gasteiger partial charge is 0.231 e. The van der Waals surface area contributed by atoms with Crippen molar-refractivity contribution in [2.75, 3.05) is 7.05 Å². The zero-order valence-corrected chi connectivity index (χ0v) is 15.8. The SMILES string of the molecule is C/C=C\C(=C/C)c1csc2ccc([C@]3(C)CC(=O)N(C)C(=N)N3)cc12. The minimum Gasteiger partial charge on any atom is -0.346 e. The predicted octanol–water partition coefficient (Wildman–Crippen LogP) is 4.48. The van der Waals surface area contributed by atoms with Gasteiger partial charge in [0.25, 0.3) is 0 Å². The van der Waals surface area contributed by atoms with Gasteiger partial charge in [0.15, 0.2) is 5.96 Å². The zero-order valence-electron chi connectivity index (χ0n) is 15.0. The van der Waals surface area contributed by atoms with Crippen molar-refractivity contribution >= 4 is 38.9 Å². The summed E-state index contributed by atoms with van der Waals surface area (Å²) in [5.74, 6) is 0.104. The van der Waals surface area contributed by atoms with E-state index in [1.165, 1.54) is 26.1 Å². The molecular weight excluding hydrogens is 330 g/mol. The average molecular weight is 353 g/mol. The summed E-state index contributed by atoms with van der Waals surface area (Å²) in [4.78, 5) is 13.6. The number of carbonyl (C=O) groups is 1. The van der Waals surface area contributed by atoms with Gasteiger partial charge in [-0.2, -0.15) is 0 Å². The monoisotopic (exact) mass is 353 g/mol. The van der Waals surface area contributed by atoms with Crippen LogP contribution in [0.15, 0.2) is 41.8 Å². The molecule has 0 saturated carbocycles. The fourth-order valence-corrected chi connectivity index (χ4v) is 4.18. The number of benzene rings is 1. The molecular formula is C20H23N3OS. The topological polar surface area (TPSA) is 56.2 Å². The lowest BCUT2D eigenvalue weighted by Crippen LogP contribution is -2.58. The summed E-state index contributed by atoms with van der Waals surface area (Å²) in [7, 11) is 1.63. The molecule has 25 heavy (non-hydrogen) atoms. The number of amides is 1. The van der Waals surface area contributed by atoms with Crippen LogP contribution in [0.1, 0.15) is 38.3 Å². The van der Waals surface area contributed by atoms with E-state index in [0.29, 0.717) is 6.42 Å². The van der Waals surface area contributed by atoms with Gasteiger partial charge in [0.05, 0.1) is 12.0 Å². The first kappa shape index (κ1) is 17.4. The van der Waals surface area contributed by atoms with Gasteiger partial charge < -0.3 is 5.32 Å². The van der Waals surface area contributed by atoms with Gasteiger partial charge in [-0.3, -0.25) is 15.1 Å². The van der Waals surface area contributed by atoms with Crippen LogP contribution in [0.25, 0.3) is 15.7 Å². The number of nitrogens with zero attached hydrogens (tertiary/aromatic N) is 1. The highest BCUT2D eigenvalue weighted by Gasteiger charge is 2.38. The largest absolute Gasteiger partial charge is 0.346 e. The van der Waals surface area contributed by atoms with Crippen molar-refractivity contribution < 1.29 is 4.79 Å². The average Bonchev–Trinajstić information content (AvgIpc) is 3.00. The Morgan fingerprint density at radius 1 is 1.40 bits per heavy atom. The maximum absolute atomic E-state index is 12.2. The summed E-state index contributed by atoms with van der Waals surface area (Å²) < 4.78 is 1.22. The first-order chi connectivity index (χ1) is 11.9. The number of nitrogens with one attached hydrogen (secondary N) is 2. The van der Waals surface area contributed by atoms with Gasteiger partial charge in [-0.1, -0.05) is 24.3 Å². The van der Waals surface area contributed by atoms with E-state index in [1.807, 2.05) is 26.8 Å². The van der Waals surface area contributed by atoms with Crippen LogP contribution in [-0.2, 0) is 10.3 Å². The highest BCUT2D eigenvalue weighted by molar-refractivity contribution is 7.17. The third-order valence-corrected chi connectivity index (χ3v) is 5.75. The Kier molecular flexibility index (Phi) is 4.52. The zero-order chi connectivity index (χ0) is 18.2. The van der Waals surface area contributed by atoms with Gasteiger partial charge in [0.1, 0.15) is 0 Å². The van der Waals surface area contributed by atoms with Crippen LogP contribution < -0.4 is 5.32 Å². The van der Waals surface area contributed by atoms with Crippen LogP contribution >= 0.6 is 11.3 Å². The van der Waals surface area contributed by atoms with Crippen LogP contribution in [0.2, 0.25) is 0 Å². The second-order valence-electron chi connectivity index (χ2n) is 6.54. The summed E-state index contributed by atoms with van der Waals surface area (Å²) in [6.45, 7) is 6.05. The number of guanidine groups is 1. The minimum absolute atomic E-state index is 0.0417. The Balaban J connectivity index is 2.09. The molecule has 1 aromatic carbocycles. The number of thiophene rings is 1. The van der Waals surface area contributed by atoms with Crippen molar-refractivity contribution in [3.63, 3.8) is 0 Å². The molecule has 0 bridgehead atoms. The molecule has 1 aromatic heterocycles. The van der Waals surface area contributed by atoms with Crippen molar-refractivity contribution in [1.82, 2.24) is 10.2 Å². The van der Waals surface area contributed by atoms with E-state index in [-0.39, 0.29) is 11.9 Å². The van der Waals surface area contributed by atoms with E-state index in [1.54, 1.807) is 18.4 Å². The lowest BCUT2D eigenvalue weighted by molar-refractivity contribution is -0.129. The Morgan fingerprint density at radius 3 is 2.80 bits per heavy atom. The Hall–Kier alpha value is -2.40. The third-order valence-electron chi connectivity index (χ3n) is 4.79. The number of rotatable bonds is 3. The normalized spacial score (nSPS) is 22.1. The Labute approximate surface area is 152 Å². The molecule has 4 nitrogen and oxygen atoms in total. The van der Waals surface area contributed by atoms with Gasteiger partial charge in [-0.15, -0.1) is 11.3 Å². The van der Waals surface area contributed by atoms with Crippen molar-refractivity contribution in [1.29, 1.82) is 5.41 Å². The maximum Gasteiger partial charge on any atom is 0.231 e. The second-order valence-corrected chi connectivity index (χ2v) is 7.45. The maximum atomic E-state index is 12.2. The van der Waals surface area contributed by atoms with Crippen LogP contribution in [0.3, 0.4) is 0 Å². The Bertz CT molecular complexity index is 889. The summed E-state index contributed by atoms with van der Waals surface area (Å²) >= 11 is 1.73. The molecule has 2 N–H and O–H groups in total. The molecule has 0 unspecified atom stereocenters. The molecule has 1 saturated heterocycles. The van der Waals surface area contributed by atoms with Gasteiger partial charge in [-0.05, 0) is 55.0 Å². The predicted molar refractivity (Wildman–Crippen MR) is 106 cm³/mol. The van der Waals surface area contributed by atoms with E-state index in [2.05, 4.69) is 41.0 Å². The molecule has 5 heteroatoms. The molecule has 1 aliphatic heterocycles. The standard InChI is InChI=1S/C20H23N3OS/c1-5-7-13(6-2)16-12-25-17-9-8-14(10-15(16)17)20(3)11-18(24)23(4)19(21)22-20/h5-10,12H,11H2,1-4H3,(H2,21,22)/b7-5-,13-6+/t20-/m0/s1. The molecule has 0 spiro atoms. The molecule has 0 radical (unpaired) electrons. The lowest BCUT2D eigenvalue weighted by atomic mass is 9.85. The Morgan fingerprint density at radius 2 is 2.16 bits per heavy atom. The van der Waals surface area contributed by atoms with Crippen LogP contribution in [0.5, 0.6) is 0 Å². The van der Waals surface area contributed by atoms with Crippen molar-refractivity contribution in [2.24, 2.45) is 0 Å². The van der Waals surface area contributed by atoms with Crippen LogP contribution in [0.4, 0.5) is 0 Å². The highest BCUT2D eigenvalue weighted by Crippen LogP contribution is 2.36. The van der Waals surface area contributed by atoms with Gasteiger partial charge in [-0.25, -0.2) is 0 Å². The fourth-order valence-electron chi connectivity index (χ4n) is 3.23. The summed E-state index contributed by atoms with van der Waals surface area (Å²) in [5, 5.41) is 14.6. The van der Waals surface area contributed by atoms with Gasteiger partial charge in [0.2, 0.25) is 5.91 Å². The molecule has 1 atom stereocenters. The first-order valence-electron chi connectivity index (χ1n) is 8.34. The van der Waals surface area contributed by atoms with E-state index in [9.17, 15) is 4.79 Å². The quantitative estimate of drug-likeness (QED) is 0.799. The second kappa shape index (κ2) is 6.48. The summed E-state index contributed by atoms with van der Waals surface area (Å²) in [6, 6.07) is 6.33. The van der Waals surface area contributed by atoms with Crippen molar-refractivity contribution in [2.45, 2.75) is 32.7 Å². The van der Waals surface area contributed by atoms with Gasteiger partial charge >= 0.3 is 0 Å². The van der Waals surface area contributed by atoms with Crippen LogP contribution in [0, 0.1) is 5.41 Å².